The van der Waals surface area contributed by atoms with Crippen molar-refractivity contribution >= 4 is 41.2 Å². The number of aliphatic hydroxyl groups is 1. The van der Waals surface area contributed by atoms with Crippen LogP contribution in [0, 0.1) is 0 Å². The quantitative estimate of drug-likeness (QED) is 0.0467. The molecule has 6 aromatic rings. The Kier molecular flexibility index (Phi) is 25.5. The minimum Gasteiger partial charge on any atom is -0.467 e. The number of allylic oxidation sites excluding steroid dienone is 1. The predicted octanol–water partition coefficient (Wildman–Crippen LogP) is 8.79. The molecule has 4 atom stereocenters. The molecular weight excluding hydrogens is 875 g/mol. The molecule has 0 aliphatic rings. The highest BCUT2D eigenvalue weighted by atomic mass is 16.5. The Balaban J connectivity index is 0.000000346. The van der Waals surface area contributed by atoms with Crippen LogP contribution in [0.3, 0.4) is 0 Å². The van der Waals surface area contributed by atoms with E-state index in [2.05, 4.69) is 16.0 Å². The summed E-state index contributed by atoms with van der Waals surface area (Å²) in [5.74, 6) is -2.82. The number of hydrogen-bond acceptors (Lipinski definition) is 10. The van der Waals surface area contributed by atoms with E-state index in [0.717, 1.165) is 23.8 Å². The third-order valence-corrected chi connectivity index (χ3v) is 10.5. The third kappa shape index (κ3) is 17.9. The van der Waals surface area contributed by atoms with Gasteiger partial charge in [0.05, 0.1) is 21.3 Å². The van der Waals surface area contributed by atoms with E-state index in [9.17, 15) is 28.8 Å². The van der Waals surface area contributed by atoms with Crippen molar-refractivity contribution in [3.8, 4) is 0 Å². The molecule has 0 aromatic heterocycles. The standard InChI is InChI=1S/2C18H19NO3.C18H17NO3.CH4O.CH4/c3*1-13(14-9-5-3-6-10-14)16(18(21)22-2)19-17(20)15-11-7-4-8-12-15;1-2;/h2*3-13,16H,1-2H3,(H,19,20);3-12H,1-2H3,(H,19,20);2H,1H3;1H4/b;;16-13-;;/t2*13-,16+;;;/m10.../s1. The lowest BCUT2D eigenvalue weighted by molar-refractivity contribution is -0.144. The molecule has 0 fully saturated rings. The summed E-state index contributed by atoms with van der Waals surface area (Å²) in [7, 11) is 4.93. The zero-order chi connectivity index (χ0) is 49.8. The van der Waals surface area contributed by atoms with Gasteiger partial charge in [-0.05, 0) is 65.6 Å². The van der Waals surface area contributed by atoms with Crippen LogP contribution < -0.4 is 16.0 Å². The lowest BCUT2D eigenvalue weighted by atomic mass is 9.93. The van der Waals surface area contributed by atoms with Crippen LogP contribution in [0.25, 0.3) is 5.57 Å². The average molecular weight is 938 g/mol. The van der Waals surface area contributed by atoms with E-state index in [1.54, 1.807) is 79.7 Å². The number of aliphatic hydroxyl groups excluding tert-OH is 1. The Morgan fingerprint density at radius 3 is 0.986 bits per heavy atom. The van der Waals surface area contributed by atoms with Gasteiger partial charge in [0.2, 0.25) is 0 Å². The molecule has 6 aromatic carbocycles. The van der Waals surface area contributed by atoms with E-state index < -0.39 is 30.0 Å². The van der Waals surface area contributed by atoms with Crippen molar-refractivity contribution < 1.29 is 48.1 Å². The van der Waals surface area contributed by atoms with Crippen molar-refractivity contribution in [2.45, 2.75) is 52.1 Å². The molecule has 13 heteroatoms. The molecule has 362 valence electrons. The molecule has 0 unspecified atom stereocenters. The smallest absolute Gasteiger partial charge is 0.354 e. The molecule has 6 rings (SSSR count). The first kappa shape index (κ1) is 57.0. The maximum atomic E-state index is 12.3. The lowest BCUT2D eigenvalue weighted by Gasteiger charge is -2.23. The third-order valence-electron chi connectivity index (χ3n) is 10.5. The van der Waals surface area contributed by atoms with Crippen LogP contribution >= 0.6 is 0 Å². The molecule has 0 saturated carbocycles. The topological polar surface area (TPSA) is 186 Å². The van der Waals surface area contributed by atoms with Gasteiger partial charge in [0.1, 0.15) is 17.8 Å². The van der Waals surface area contributed by atoms with Gasteiger partial charge in [-0.25, -0.2) is 14.4 Å². The minimum absolute atomic E-state index is 0. The van der Waals surface area contributed by atoms with Crippen LogP contribution in [0.1, 0.15) is 87.8 Å². The van der Waals surface area contributed by atoms with Crippen molar-refractivity contribution in [1.82, 2.24) is 16.0 Å². The van der Waals surface area contributed by atoms with E-state index in [1.165, 1.54) is 21.3 Å². The number of hydrogen-bond donors (Lipinski definition) is 4. The first-order valence-corrected chi connectivity index (χ1v) is 21.5. The Hall–Kier alpha value is -8.16. The SMILES string of the molecule is C.CO.COC(=O)/C(NC(=O)c1ccccc1)=C(\C)c1ccccc1.COC(=O)[C@@H](NC(=O)c1ccccc1)[C@H](C)c1ccccc1.COC(=O)[C@H](NC(=O)c1ccccc1)[C@@H](C)c1ccccc1. The second-order valence-electron chi connectivity index (χ2n) is 14.8. The van der Waals surface area contributed by atoms with Crippen molar-refractivity contribution in [2.75, 3.05) is 28.4 Å². The van der Waals surface area contributed by atoms with Gasteiger partial charge in [-0.15, -0.1) is 0 Å². The monoisotopic (exact) mass is 937 g/mol. The van der Waals surface area contributed by atoms with Crippen LogP contribution in [0.2, 0.25) is 0 Å². The fourth-order valence-electron chi connectivity index (χ4n) is 6.56. The average Bonchev–Trinajstić information content (AvgIpc) is 3.41. The summed E-state index contributed by atoms with van der Waals surface area (Å²) in [4.78, 5) is 73.0. The molecule has 69 heavy (non-hydrogen) atoms. The van der Waals surface area contributed by atoms with Gasteiger partial charge in [-0.3, -0.25) is 14.4 Å². The number of esters is 3. The summed E-state index contributed by atoms with van der Waals surface area (Å²) in [6.07, 6.45) is 0. The summed E-state index contributed by atoms with van der Waals surface area (Å²) in [6.45, 7) is 5.55. The summed E-state index contributed by atoms with van der Waals surface area (Å²) in [5.41, 5.74) is 5.06. The highest BCUT2D eigenvalue weighted by Gasteiger charge is 2.30. The van der Waals surface area contributed by atoms with Gasteiger partial charge in [-0.2, -0.15) is 0 Å². The molecule has 0 radical (unpaired) electrons. The number of nitrogens with one attached hydrogen (secondary N) is 3. The normalized spacial score (nSPS) is 12.0. The van der Waals surface area contributed by atoms with Gasteiger partial charge in [0.15, 0.2) is 0 Å². The van der Waals surface area contributed by atoms with Crippen molar-refractivity contribution in [3.05, 3.63) is 221 Å². The Labute approximate surface area is 405 Å². The Morgan fingerprint density at radius 2 is 0.696 bits per heavy atom. The summed E-state index contributed by atoms with van der Waals surface area (Å²) in [5, 5.41) is 15.2. The van der Waals surface area contributed by atoms with Gasteiger partial charge >= 0.3 is 17.9 Å². The zero-order valence-corrected chi connectivity index (χ0v) is 39.3. The minimum atomic E-state index is -0.736. The van der Waals surface area contributed by atoms with Gasteiger partial charge < -0.3 is 35.3 Å². The van der Waals surface area contributed by atoms with E-state index in [1.807, 2.05) is 123 Å². The van der Waals surface area contributed by atoms with E-state index in [4.69, 9.17) is 19.3 Å². The van der Waals surface area contributed by atoms with Crippen molar-refractivity contribution in [3.63, 3.8) is 0 Å². The fourth-order valence-corrected chi connectivity index (χ4v) is 6.56. The molecule has 0 aliphatic heterocycles. The first-order valence-electron chi connectivity index (χ1n) is 21.5. The zero-order valence-electron chi connectivity index (χ0n) is 39.3. The number of carbonyl (C=O) groups excluding carboxylic acids is 6. The Bertz CT molecular complexity index is 2390. The summed E-state index contributed by atoms with van der Waals surface area (Å²) < 4.78 is 14.5. The number of ether oxygens (including phenoxy) is 3. The highest BCUT2D eigenvalue weighted by molar-refractivity contribution is 6.05. The van der Waals surface area contributed by atoms with Crippen molar-refractivity contribution in [2.24, 2.45) is 0 Å². The predicted molar refractivity (Wildman–Crippen MR) is 269 cm³/mol. The maximum Gasteiger partial charge on any atom is 0.354 e. The van der Waals surface area contributed by atoms with Gasteiger partial charge in [0, 0.05) is 35.6 Å². The van der Waals surface area contributed by atoms with Crippen LogP contribution in [0.5, 0.6) is 0 Å². The summed E-state index contributed by atoms with van der Waals surface area (Å²) in [6, 6.07) is 53.3. The maximum absolute atomic E-state index is 12.3. The summed E-state index contributed by atoms with van der Waals surface area (Å²) >= 11 is 0. The van der Waals surface area contributed by atoms with Crippen LogP contribution in [0.15, 0.2) is 188 Å². The second kappa shape index (κ2) is 30.9. The van der Waals surface area contributed by atoms with Gasteiger partial charge in [0.25, 0.3) is 17.7 Å². The van der Waals surface area contributed by atoms with Crippen molar-refractivity contribution in [1.29, 1.82) is 0 Å². The number of benzene rings is 6. The second-order valence-corrected chi connectivity index (χ2v) is 14.8. The molecule has 0 saturated heterocycles. The van der Waals surface area contributed by atoms with E-state index in [0.29, 0.717) is 22.3 Å². The van der Waals surface area contributed by atoms with Crippen LogP contribution in [-0.4, -0.2) is 81.3 Å². The molecule has 4 N–H and O–H groups in total. The molecule has 13 nitrogen and oxygen atoms in total. The Morgan fingerprint density at radius 1 is 0.420 bits per heavy atom. The first-order chi connectivity index (χ1) is 32.9. The van der Waals surface area contributed by atoms with E-state index in [-0.39, 0.29) is 42.7 Å². The molecule has 0 spiro atoms. The number of amides is 3. The molecule has 0 aliphatic carbocycles. The molecule has 0 heterocycles. The van der Waals surface area contributed by atoms with E-state index >= 15 is 0 Å². The molecule has 0 bridgehead atoms. The number of carbonyl (C=O) groups is 6. The number of rotatable bonds is 14. The molecule has 3 amide bonds. The largest absolute Gasteiger partial charge is 0.467 e. The number of methoxy groups -OCH3 is 3. The van der Waals surface area contributed by atoms with Crippen LogP contribution in [0.4, 0.5) is 0 Å². The van der Waals surface area contributed by atoms with Gasteiger partial charge in [-0.1, -0.05) is 167 Å². The highest BCUT2D eigenvalue weighted by Crippen LogP contribution is 2.22. The lowest BCUT2D eigenvalue weighted by Crippen LogP contribution is -2.44. The van der Waals surface area contributed by atoms with Crippen LogP contribution in [-0.2, 0) is 28.6 Å². The molecular formula is C56H63N3O10. The fraction of sp³-hybridized carbons (Fsp3) is 0.214.